The topological polar surface area (TPSA) is 34.1 Å². The van der Waals surface area contributed by atoms with E-state index in [9.17, 15) is 9.59 Å². The minimum Gasteiger partial charge on any atom is -0.295 e. The maximum Gasteiger partial charge on any atom is 0.178 e. The molecular weight excluding hydrogens is 296 g/mol. The van der Waals surface area contributed by atoms with Gasteiger partial charge in [0, 0.05) is 12.3 Å². The SMILES string of the molecule is O=C1C=CC2=CC=C3C(CCC4C3CCC3CC(=O)C=CC34)C2=C1. The van der Waals surface area contributed by atoms with Gasteiger partial charge in [0.15, 0.2) is 11.6 Å². The van der Waals surface area contributed by atoms with Crippen LogP contribution in [0.3, 0.4) is 0 Å². The monoisotopic (exact) mass is 318 g/mol. The molecule has 2 nitrogen and oxygen atoms in total. The first-order valence-electron chi connectivity index (χ1n) is 9.27. The highest BCUT2D eigenvalue weighted by atomic mass is 16.1. The summed E-state index contributed by atoms with van der Waals surface area (Å²) in [6, 6.07) is 0. The molecule has 2 heteroatoms. The Labute approximate surface area is 142 Å². The van der Waals surface area contributed by atoms with E-state index in [-0.39, 0.29) is 5.78 Å². The van der Waals surface area contributed by atoms with Gasteiger partial charge in [-0.15, -0.1) is 0 Å². The van der Waals surface area contributed by atoms with Gasteiger partial charge in [-0.05, 0) is 78.7 Å². The fraction of sp³-hybridized carbons (Fsp3) is 0.455. The van der Waals surface area contributed by atoms with Crippen molar-refractivity contribution in [2.45, 2.75) is 32.1 Å². The van der Waals surface area contributed by atoms with Crippen LogP contribution in [-0.4, -0.2) is 11.6 Å². The van der Waals surface area contributed by atoms with E-state index >= 15 is 0 Å². The molecule has 5 aliphatic rings. The standard InChI is InChI=1S/C22H22O2/c23-15-5-8-17-14(11-15)3-7-19-18(17)9-10-21-20(19)6-2-13-1-4-16(24)12-22(13)21/h1-2,4-6,8,12,14,17-19,21H,3,7,9-11H2. The lowest BCUT2D eigenvalue weighted by Gasteiger charge is -2.50. The Hall–Kier alpha value is -1.96. The molecule has 5 atom stereocenters. The van der Waals surface area contributed by atoms with Gasteiger partial charge in [0.05, 0.1) is 0 Å². The Morgan fingerprint density at radius 1 is 0.917 bits per heavy atom. The fourth-order valence-corrected chi connectivity index (χ4v) is 5.86. The largest absolute Gasteiger partial charge is 0.295 e. The average Bonchev–Trinajstić information content (AvgIpc) is 2.60. The van der Waals surface area contributed by atoms with Crippen molar-refractivity contribution < 1.29 is 9.59 Å². The number of hydrogen-bond donors (Lipinski definition) is 0. The van der Waals surface area contributed by atoms with Crippen LogP contribution in [0.25, 0.3) is 0 Å². The first-order chi connectivity index (χ1) is 11.7. The number of carbonyl (C=O) groups excluding carboxylic acids is 2. The van der Waals surface area contributed by atoms with Gasteiger partial charge in [-0.3, -0.25) is 9.59 Å². The number of allylic oxidation sites excluding steroid dienone is 10. The summed E-state index contributed by atoms with van der Waals surface area (Å²) in [6.07, 6.45) is 19.6. The maximum absolute atomic E-state index is 11.8. The highest BCUT2D eigenvalue weighted by Crippen LogP contribution is 2.55. The van der Waals surface area contributed by atoms with E-state index in [1.807, 2.05) is 18.2 Å². The van der Waals surface area contributed by atoms with Crippen LogP contribution >= 0.6 is 0 Å². The average molecular weight is 318 g/mol. The predicted molar refractivity (Wildman–Crippen MR) is 93.1 cm³/mol. The van der Waals surface area contributed by atoms with E-state index in [0.717, 1.165) is 12.8 Å². The van der Waals surface area contributed by atoms with Crippen LogP contribution in [0.5, 0.6) is 0 Å². The summed E-state index contributed by atoms with van der Waals surface area (Å²) in [7, 11) is 0. The van der Waals surface area contributed by atoms with Gasteiger partial charge in [-0.1, -0.05) is 29.9 Å². The smallest absolute Gasteiger partial charge is 0.178 e. The number of carbonyl (C=O) groups is 2. The molecule has 0 heterocycles. The van der Waals surface area contributed by atoms with Crippen LogP contribution in [0.2, 0.25) is 0 Å². The molecule has 2 saturated carbocycles. The van der Waals surface area contributed by atoms with Crippen molar-refractivity contribution in [3.63, 3.8) is 0 Å². The molecule has 0 saturated heterocycles. The quantitative estimate of drug-likeness (QED) is 0.673. The van der Waals surface area contributed by atoms with Crippen molar-refractivity contribution in [2.24, 2.45) is 29.6 Å². The third-order valence-corrected chi connectivity index (χ3v) is 6.88. The Morgan fingerprint density at radius 3 is 2.75 bits per heavy atom. The van der Waals surface area contributed by atoms with Crippen molar-refractivity contribution in [1.82, 2.24) is 0 Å². The van der Waals surface area contributed by atoms with Crippen LogP contribution in [0.4, 0.5) is 0 Å². The molecule has 5 unspecified atom stereocenters. The molecule has 122 valence electrons. The van der Waals surface area contributed by atoms with E-state index in [0.29, 0.717) is 35.4 Å². The molecule has 0 aromatic heterocycles. The minimum atomic E-state index is 0.128. The maximum atomic E-state index is 11.8. The highest BCUT2D eigenvalue weighted by molar-refractivity contribution is 6.02. The Kier molecular flexibility index (Phi) is 3.16. The van der Waals surface area contributed by atoms with Crippen LogP contribution in [0.1, 0.15) is 32.1 Å². The van der Waals surface area contributed by atoms with Gasteiger partial charge in [0.1, 0.15) is 0 Å². The molecular formula is C22H22O2. The van der Waals surface area contributed by atoms with Crippen molar-refractivity contribution in [2.75, 3.05) is 0 Å². The van der Waals surface area contributed by atoms with Crippen molar-refractivity contribution >= 4 is 11.6 Å². The summed E-state index contributed by atoms with van der Waals surface area (Å²) in [5, 5.41) is 0. The first-order valence-corrected chi connectivity index (χ1v) is 9.27. The van der Waals surface area contributed by atoms with Gasteiger partial charge in [-0.25, -0.2) is 0 Å². The van der Waals surface area contributed by atoms with Crippen molar-refractivity contribution in [1.29, 1.82) is 0 Å². The molecule has 0 aromatic carbocycles. The van der Waals surface area contributed by atoms with E-state index in [4.69, 9.17) is 0 Å². The Bertz CT molecular complexity index is 774. The lowest BCUT2D eigenvalue weighted by Crippen LogP contribution is -2.42. The summed E-state index contributed by atoms with van der Waals surface area (Å²) < 4.78 is 0. The van der Waals surface area contributed by atoms with Crippen LogP contribution in [0.15, 0.2) is 59.3 Å². The normalized spacial score (nSPS) is 39.8. The zero-order valence-electron chi connectivity index (χ0n) is 13.8. The molecule has 0 aromatic rings. The fourth-order valence-electron chi connectivity index (χ4n) is 5.86. The number of fused-ring (bicyclic) bond motifs is 7. The highest BCUT2D eigenvalue weighted by Gasteiger charge is 2.46. The Morgan fingerprint density at radius 2 is 1.83 bits per heavy atom. The zero-order valence-corrected chi connectivity index (χ0v) is 13.8. The second-order valence-electron chi connectivity index (χ2n) is 7.97. The number of rotatable bonds is 0. The lowest BCUT2D eigenvalue weighted by molar-refractivity contribution is -0.117. The van der Waals surface area contributed by atoms with Crippen molar-refractivity contribution in [3.8, 4) is 0 Å². The molecule has 0 radical (unpaired) electrons. The van der Waals surface area contributed by atoms with E-state index in [1.165, 1.54) is 30.4 Å². The van der Waals surface area contributed by atoms with Crippen LogP contribution in [-0.2, 0) is 9.59 Å². The summed E-state index contributed by atoms with van der Waals surface area (Å²) in [4.78, 5) is 23.6. The number of ketones is 2. The second-order valence-corrected chi connectivity index (χ2v) is 7.97. The third kappa shape index (κ3) is 2.08. The first kappa shape index (κ1) is 14.4. The summed E-state index contributed by atoms with van der Waals surface area (Å²) >= 11 is 0. The number of hydrogen-bond acceptors (Lipinski definition) is 2. The van der Waals surface area contributed by atoms with Gasteiger partial charge in [0.25, 0.3) is 0 Å². The van der Waals surface area contributed by atoms with Crippen LogP contribution < -0.4 is 0 Å². The van der Waals surface area contributed by atoms with Gasteiger partial charge in [-0.2, -0.15) is 0 Å². The molecule has 0 amide bonds. The summed E-state index contributed by atoms with van der Waals surface area (Å²) in [6.45, 7) is 0. The predicted octanol–water partition coefficient (Wildman–Crippen LogP) is 4.12. The van der Waals surface area contributed by atoms with E-state index in [1.54, 1.807) is 11.6 Å². The molecule has 2 fully saturated rings. The van der Waals surface area contributed by atoms with Crippen molar-refractivity contribution in [3.05, 3.63) is 59.3 Å². The lowest BCUT2D eigenvalue weighted by atomic mass is 9.54. The van der Waals surface area contributed by atoms with E-state index < -0.39 is 0 Å². The molecule has 5 aliphatic carbocycles. The van der Waals surface area contributed by atoms with Gasteiger partial charge < -0.3 is 0 Å². The van der Waals surface area contributed by atoms with E-state index in [2.05, 4.69) is 18.2 Å². The van der Waals surface area contributed by atoms with Crippen LogP contribution in [0, 0.1) is 29.6 Å². The summed E-state index contributed by atoms with van der Waals surface area (Å²) in [5.41, 5.74) is 4.02. The molecule has 24 heavy (non-hydrogen) atoms. The molecule has 0 N–H and O–H groups in total. The minimum absolute atomic E-state index is 0.128. The summed E-state index contributed by atoms with van der Waals surface area (Å²) in [5.74, 6) is 3.33. The molecule has 0 aliphatic heterocycles. The molecule has 5 rings (SSSR count). The third-order valence-electron chi connectivity index (χ3n) is 6.88. The Balaban J connectivity index is 1.50. The van der Waals surface area contributed by atoms with Gasteiger partial charge in [0.2, 0.25) is 0 Å². The zero-order chi connectivity index (χ0) is 16.3. The van der Waals surface area contributed by atoms with Gasteiger partial charge >= 0.3 is 0 Å². The second kappa shape index (κ2) is 5.27. The molecule has 0 spiro atoms. The molecule has 0 bridgehead atoms.